The Hall–Kier alpha value is -2.57. The third-order valence-electron chi connectivity index (χ3n) is 3.39. The molecule has 0 saturated carbocycles. The van der Waals surface area contributed by atoms with Crippen molar-refractivity contribution >= 4 is 46.7 Å². The number of amides is 1. The first kappa shape index (κ1) is 20.7. The summed E-state index contributed by atoms with van der Waals surface area (Å²) < 4.78 is 9.89. The highest BCUT2D eigenvalue weighted by molar-refractivity contribution is 6.42. The second kappa shape index (κ2) is 9.94. The zero-order valence-electron chi connectivity index (χ0n) is 14.5. The van der Waals surface area contributed by atoms with E-state index in [1.54, 1.807) is 43.3 Å². The lowest BCUT2D eigenvalue weighted by atomic mass is 10.1. The molecule has 0 fully saturated rings. The van der Waals surface area contributed by atoms with Gasteiger partial charge in [0.05, 0.1) is 34.3 Å². The van der Waals surface area contributed by atoms with Gasteiger partial charge in [-0.15, -0.1) is 0 Å². The van der Waals surface area contributed by atoms with Crippen molar-refractivity contribution < 1.29 is 23.9 Å². The molecule has 0 aliphatic heterocycles. The molecule has 142 valence electrons. The van der Waals surface area contributed by atoms with Gasteiger partial charge in [0.1, 0.15) is 0 Å². The number of hydrogen-bond donors (Lipinski definition) is 1. The molecule has 1 N–H and O–H groups in total. The van der Waals surface area contributed by atoms with Crippen molar-refractivity contribution in [3.8, 4) is 0 Å². The van der Waals surface area contributed by atoms with Crippen molar-refractivity contribution in [2.24, 2.45) is 0 Å². The number of anilines is 1. The van der Waals surface area contributed by atoms with E-state index in [0.717, 1.165) is 0 Å². The maximum absolute atomic E-state index is 12.0. The standard InChI is InChI=1S/C19H17Cl2NO5/c1-2-26-19(25)13-5-3-4-6-16(13)22-17(23)11-27-18(24)10-12-7-8-14(20)15(21)9-12/h3-9H,2,10-11H2,1H3,(H,22,23). The van der Waals surface area contributed by atoms with Crippen molar-refractivity contribution in [1.82, 2.24) is 0 Å². The van der Waals surface area contributed by atoms with Crippen LogP contribution in [0.25, 0.3) is 0 Å². The molecule has 0 radical (unpaired) electrons. The SMILES string of the molecule is CCOC(=O)c1ccccc1NC(=O)COC(=O)Cc1ccc(Cl)c(Cl)c1. The number of nitrogens with one attached hydrogen (secondary N) is 1. The number of ether oxygens (including phenoxy) is 2. The molecule has 0 aromatic heterocycles. The molecule has 0 atom stereocenters. The predicted molar refractivity (Wildman–Crippen MR) is 102 cm³/mol. The molecule has 0 heterocycles. The Bertz CT molecular complexity index is 854. The Kier molecular flexibility index (Phi) is 7.64. The molecule has 0 bridgehead atoms. The molecule has 1 amide bonds. The Balaban J connectivity index is 1.90. The predicted octanol–water partition coefficient (Wildman–Crippen LogP) is 3.89. The van der Waals surface area contributed by atoms with Crippen LogP contribution in [0.2, 0.25) is 10.0 Å². The minimum atomic E-state index is -0.595. The zero-order valence-corrected chi connectivity index (χ0v) is 16.0. The van der Waals surface area contributed by atoms with Crippen LogP contribution < -0.4 is 5.32 Å². The monoisotopic (exact) mass is 409 g/mol. The second-order valence-electron chi connectivity index (χ2n) is 5.40. The van der Waals surface area contributed by atoms with Gasteiger partial charge in [-0.2, -0.15) is 0 Å². The summed E-state index contributed by atoms with van der Waals surface area (Å²) in [6, 6.07) is 11.2. The Morgan fingerprint density at radius 2 is 1.74 bits per heavy atom. The molecule has 6 nitrogen and oxygen atoms in total. The number of halogens is 2. The number of carbonyl (C=O) groups is 3. The van der Waals surface area contributed by atoms with Crippen LogP contribution in [0, 0.1) is 0 Å². The van der Waals surface area contributed by atoms with Gasteiger partial charge < -0.3 is 14.8 Å². The summed E-state index contributed by atoms with van der Waals surface area (Å²) in [6.07, 6.45) is -0.0520. The van der Waals surface area contributed by atoms with Crippen LogP contribution in [-0.2, 0) is 25.5 Å². The van der Waals surface area contributed by atoms with Gasteiger partial charge in [0, 0.05) is 0 Å². The largest absolute Gasteiger partial charge is 0.462 e. The summed E-state index contributed by atoms with van der Waals surface area (Å²) in [5.41, 5.74) is 1.11. The van der Waals surface area contributed by atoms with Crippen LogP contribution in [0.1, 0.15) is 22.8 Å². The normalized spacial score (nSPS) is 10.2. The van der Waals surface area contributed by atoms with Crippen LogP contribution in [0.15, 0.2) is 42.5 Å². The summed E-state index contributed by atoms with van der Waals surface area (Å²) in [7, 11) is 0. The van der Waals surface area contributed by atoms with Gasteiger partial charge in [0.2, 0.25) is 0 Å². The van der Waals surface area contributed by atoms with Crippen LogP contribution in [0.4, 0.5) is 5.69 Å². The Labute approximate surface area is 166 Å². The van der Waals surface area contributed by atoms with E-state index in [1.807, 2.05) is 0 Å². The molecule has 27 heavy (non-hydrogen) atoms. The van der Waals surface area contributed by atoms with Crippen LogP contribution in [-0.4, -0.2) is 31.1 Å². The van der Waals surface area contributed by atoms with Crippen LogP contribution in [0.3, 0.4) is 0 Å². The molecule has 0 saturated heterocycles. The van der Waals surface area contributed by atoms with E-state index in [1.165, 1.54) is 6.07 Å². The van der Waals surface area contributed by atoms with Crippen molar-refractivity contribution in [3.05, 3.63) is 63.6 Å². The molecular weight excluding hydrogens is 393 g/mol. The van der Waals surface area contributed by atoms with Crippen molar-refractivity contribution in [2.75, 3.05) is 18.5 Å². The summed E-state index contributed by atoms with van der Waals surface area (Å²) >= 11 is 11.7. The number of carbonyl (C=O) groups excluding carboxylic acids is 3. The van der Waals surface area contributed by atoms with Crippen molar-refractivity contribution in [2.45, 2.75) is 13.3 Å². The number of para-hydroxylation sites is 1. The minimum Gasteiger partial charge on any atom is -0.462 e. The first-order chi connectivity index (χ1) is 12.9. The van der Waals surface area contributed by atoms with E-state index in [9.17, 15) is 14.4 Å². The third kappa shape index (κ3) is 6.27. The summed E-state index contributed by atoms with van der Waals surface area (Å²) in [6.45, 7) is 1.41. The van der Waals surface area contributed by atoms with E-state index in [0.29, 0.717) is 15.6 Å². The maximum Gasteiger partial charge on any atom is 0.340 e. The summed E-state index contributed by atoms with van der Waals surface area (Å²) in [5, 5.41) is 3.24. The first-order valence-corrected chi connectivity index (χ1v) is 8.82. The highest BCUT2D eigenvalue weighted by Crippen LogP contribution is 2.23. The highest BCUT2D eigenvalue weighted by Gasteiger charge is 2.15. The van der Waals surface area contributed by atoms with Gasteiger partial charge in [0.15, 0.2) is 6.61 Å². The number of benzene rings is 2. The fourth-order valence-electron chi connectivity index (χ4n) is 2.18. The molecule has 2 aromatic rings. The van der Waals surface area contributed by atoms with Crippen LogP contribution in [0.5, 0.6) is 0 Å². The second-order valence-corrected chi connectivity index (χ2v) is 6.21. The zero-order chi connectivity index (χ0) is 19.8. The number of hydrogen-bond acceptors (Lipinski definition) is 5. The fourth-order valence-corrected chi connectivity index (χ4v) is 2.50. The Morgan fingerprint density at radius 1 is 1.00 bits per heavy atom. The smallest absolute Gasteiger partial charge is 0.340 e. The molecule has 8 heteroatoms. The van der Waals surface area contributed by atoms with Crippen LogP contribution >= 0.6 is 23.2 Å². The van der Waals surface area contributed by atoms with E-state index in [2.05, 4.69) is 5.32 Å². The number of esters is 2. The van der Waals surface area contributed by atoms with E-state index in [4.69, 9.17) is 32.7 Å². The maximum atomic E-state index is 12.0. The fraction of sp³-hybridized carbons (Fsp3) is 0.211. The molecule has 0 unspecified atom stereocenters. The lowest BCUT2D eigenvalue weighted by Crippen LogP contribution is -2.23. The van der Waals surface area contributed by atoms with Gasteiger partial charge >= 0.3 is 11.9 Å². The Morgan fingerprint density at radius 3 is 2.44 bits per heavy atom. The molecule has 0 spiro atoms. The minimum absolute atomic E-state index is 0.0520. The van der Waals surface area contributed by atoms with E-state index < -0.39 is 24.5 Å². The quantitative estimate of drug-likeness (QED) is 0.701. The van der Waals surface area contributed by atoms with Gasteiger partial charge in [-0.25, -0.2) is 4.79 Å². The third-order valence-corrected chi connectivity index (χ3v) is 4.13. The summed E-state index contributed by atoms with van der Waals surface area (Å²) in [4.78, 5) is 35.8. The number of rotatable bonds is 7. The topological polar surface area (TPSA) is 81.7 Å². The highest BCUT2D eigenvalue weighted by atomic mass is 35.5. The van der Waals surface area contributed by atoms with Gasteiger partial charge in [0.25, 0.3) is 5.91 Å². The molecular formula is C19H17Cl2NO5. The van der Waals surface area contributed by atoms with Gasteiger partial charge in [-0.05, 0) is 36.8 Å². The molecule has 2 aromatic carbocycles. The lowest BCUT2D eigenvalue weighted by molar-refractivity contribution is -0.146. The molecule has 2 rings (SSSR count). The van der Waals surface area contributed by atoms with E-state index in [-0.39, 0.29) is 24.3 Å². The summed E-state index contributed by atoms with van der Waals surface area (Å²) in [5.74, 6) is -1.72. The molecule has 0 aliphatic rings. The van der Waals surface area contributed by atoms with Crippen molar-refractivity contribution in [3.63, 3.8) is 0 Å². The first-order valence-electron chi connectivity index (χ1n) is 8.06. The average molecular weight is 410 g/mol. The molecule has 0 aliphatic carbocycles. The lowest BCUT2D eigenvalue weighted by Gasteiger charge is -2.10. The average Bonchev–Trinajstić information content (AvgIpc) is 2.64. The van der Waals surface area contributed by atoms with E-state index >= 15 is 0 Å². The van der Waals surface area contributed by atoms with Gasteiger partial charge in [-0.3, -0.25) is 9.59 Å². The van der Waals surface area contributed by atoms with Crippen molar-refractivity contribution in [1.29, 1.82) is 0 Å². The van der Waals surface area contributed by atoms with Gasteiger partial charge in [-0.1, -0.05) is 41.4 Å².